The van der Waals surface area contributed by atoms with E-state index in [1.54, 1.807) is 41.5 Å². The van der Waals surface area contributed by atoms with Gasteiger partial charge < -0.3 is 20.8 Å². The number of rotatable bonds is 8. The first-order valence-corrected chi connectivity index (χ1v) is 8.43. The highest BCUT2D eigenvalue weighted by Crippen LogP contribution is 2.16. The number of carboxylic acid groups (broad SMARTS) is 2. The van der Waals surface area contributed by atoms with E-state index in [1.807, 2.05) is 0 Å². The van der Waals surface area contributed by atoms with Crippen molar-refractivity contribution in [1.82, 2.24) is 10.6 Å². The maximum atomic E-state index is 11.8. The Balaban J connectivity index is 5.08. The number of hydrogen-bond donors (Lipinski definition) is 4. The maximum Gasteiger partial charge on any atom is 0.332 e. The zero-order valence-electron chi connectivity index (χ0n) is 16.4. The van der Waals surface area contributed by atoms with Gasteiger partial charge >= 0.3 is 11.9 Å². The van der Waals surface area contributed by atoms with Crippen LogP contribution in [0.5, 0.6) is 0 Å². The predicted molar refractivity (Wildman–Crippen MR) is 96.5 cm³/mol. The van der Waals surface area contributed by atoms with Gasteiger partial charge in [-0.15, -0.1) is 0 Å². The van der Waals surface area contributed by atoms with Crippen molar-refractivity contribution in [2.45, 2.75) is 54.4 Å². The molecular formula is C18H30N2O6. The minimum absolute atomic E-state index is 0.0167. The number of carboxylic acids is 2. The lowest BCUT2D eigenvalue weighted by Crippen LogP contribution is -2.36. The van der Waals surface area contributed by atoms with Crippen LogP contribution in [0.15, 0.2) is 11.1 Å². The molecule has 8 nitrogen and oxygen atoms in total. The number of nitrogens with one attached hydrogen (secondary N) is 2. The third-order valence-corrected chi connectivity index (χ3v) is 3.56. The van der Waals surface area contributed by atoms with Crippen molar-refractivity contribution in [2.24, 2.45) is 10.8 Å². The molecule has 8 heteroatoms. The Morgan fingerprint density at radius 2 is 0.923 bits per heavy atom. The Labute approximate surface area is 154 Å². The molecule has 0 saturated carbocycles. The van der Waals surface area contributed by atoms with Crippen LogP contribution in [0.3, 0.4) is 0 Å². The SMILES string of the molecule is CC(C)(C)C(=O)NCCC(C(=O)O)=C(CCNC(=O)C(C)(C)C)C(=O)O. The molecule has 0 aromatic heterocycles. The van der Waals surface area contributed by atoms with E-state index in [2.05, 4.69) is 10.6 Å². The number of carbonyl (C=O) groups excluding carboxylic acids is 2. The molecule has 148 valence electrons. The van der Waals surface area contributed by atoms with Gasteiger partial charge in [-0.2, -0.15) is 0 Å². The van der Waals surface area contributed by atoms with Crippen LogP contribution >= 0.6 is 0 Å². The van der Waals surface area contributed by atoms with Crippen LogP contribution < -0.4 is 10.6 Å². The van der Waals surface area contributed by atoms with E-state index in [4.69, 9.17) is 0 Å². The van der Waals surface area contributed by atoms with E-state index in [-0.39, 0.29) is 48.9 Å². The lowest BCUT2D eigenvalue weighted by Gasteiger charge is -2.19. The number of aliphatic carboxylic acids is 2. The van der Waals surface area contributed by atoms with Gasteiger partial charge in [-0.25, -0.2) is 9.59 Å². The minimum atomic E-state index is -1.35. The highest BCUT2D eigenvalue weighted by atomic mass is 16.4. The lowest BCUT2D eigenvalue weighted by atomic mass is 9.95. The molecule has 0 aromatic rings. The van der Waals surface area contributed by atoms with Gasteiger partial charge in [0.05, 0.1) is 0 Å². The van der Waals surface area contributed by atoms with Gasteiger partial charge in [0, 0.05) is 35.1 Å². The molecule has 0 unspecified atom stereocenters. The third kappa shape index (κ3) is 8.13. The molecule has 0 aliphatic heterocycles. The van der Waals surface area contributed by atoms with Gasteiger partial charge in [-0.1, -0.05) is 41.5 Å². The molecule has 0 atom stereocenters. The topological polar surface area (TPSA) is 133 Å². The summed E-state index contributed by atoms with van der Waals surface area (Å²) in [6.45, 7) is 10.3. The van der Waals surface area contributed by atoms with E-state index in [9.17, 15) is 29.4 Å². The molecule has 0 spiro atoms. The molecular weight excluding hydrogens is 340 g/mol. The van der Waals surface area contributed by atoms with Crippen LogP contribution in [0.2, 0.25) is 0 Å². The third-order valence-electron chi connectivity index (χ3n) is 3.56. The summed E-state index contributed by atoms with van der Waals surface area (Å²) in [5.41, 5.74) is -1.81. The average Bonchev–Trinajstić information content (AvgIpc) is 2.45. The molecule has 0 aromatic carbocycles. The molecule has 0 saturated heterocycles. The molecule has 0 fully saturated rings. The Kier molecular flexibility index (Phi) is 8.50. The molecule has 0 bridgehead atoms. The molecule has 0 heterocycles. The fraction of sp³-hybridized carbons (Fsp3) is 0.667. The largest absolute Gasteiger partial charge is 0.478 e. The van der Waals surface area contributed by atoms with Crippen molar-refractivity contribution in [1.29, 1.82) is 0 Å². The molecule has 4 N–H and O–H groups in total. The first-order chi connectivity index (χ1) is 11.7. The molecule has 26 heavy (non-hydrogen) atoms. The summed E-state index contributed by atoms with van der Waals surface area (Å²) in [6.07, 6.45) is -0.238. The van der Waals surface area contributed by atoms with Crippen LogP contribution in [-0.4, -0.2) is 47.1 Å². The number of hydrogen-bond acceptors (Lipinski definition) is 4. The van der Waals surface area contributed by atoms with Crippen molar-refractivity contribution in [3.05, 3.63) is 11.1 Å². The van der Waals surface area contributed by atoms with E-state index in [0.717, 1.165) is 0 Å². The molecule has 2 amide bonds. The van der Waals surface area contributed by atoms with Gasteiger partial charge in [-0.05, 0) is 12.8 Å². The van der Waals surface area contributed by atoms with E-state index in [0.29, 0.717) is 0 Å². The first-order valence-electron chi connectivity index (χ1n) is 8.43. The fourth-order valence-electron chi connectivity index (χ4n) is 1.91. The second kappa shape index (κ2) is 9.35. The average molecular weight is 370 g/mol. The second-order valence-corrected chi connectivity index (χ2v) is 8.08. The Bertz CT molecular complexity index is 542. The van der Waals surface area contributed by atoms with Crippen molar-refractivity contribution >= 4 is 23.8 Å². The molecule has 0 rings (SSSR count). The maximum absolute atomic E-state index is 11.8. The summed E-state index contributed by atoms with van der Waals surface area (Å²) in [7, 11) is 0. The van der Waals surface area contributed by atoms with Crippen LogP contribution in [0.1, 0.15) is 54.4 Å². The van der Waals surface area contributed by atoms with E-state index in [1.165, 1.54) is 0 Å². The van der Waals surface area contributed by atoms with Crippen molar-refractivity contribution in [3.63, 3.8) is 0 Å². The second-order valence-electron chi connectivity index (χ2n) is 8.08. The van der Waals surface area contributed by atoms with Crippen LogP contribution in [-0.2, 0) is 19.2 Å². The highest BCUT2D eigenvalue weighted by molar-refractivity contribution is 5.99. The molecule has 0 aliphatic rings. The van der Waals surface area contributed by atoms with Crippen LogP contribution in [0.25, 0.3) is 0 Å². The quantitative estimate of drug-likeness (QED) is 0.479. The summed E-state index contributed by atoms with van der Waals surface area (Å²) in [5.74, 6) is -3.21. The van der Waals surface area contributed by atoms with Crippen LogP contribution in [0.4, 0.5) is 0 Å². The highest BCUT2D eigenvalue weighted by Gasteiger charge is 2.24. The van der Waals surface area contributed by atoms with Gasteiger partial charge in [-0.3, -0.25) is 9.59 Å². The lowest BCUT2D eigenvalue weighted by molar-refractivity contribution is -0.136. The monoisotopic (exact) mass is 370 g/mol. The number of amides is 2. The fourth-order valence-corrected chi connectivity index (χ4v) is 1.91. The molecule has 0 radical (unpaired) electrons. The van der Waals surface area contributed by atoms with Crippen LogP contribution in [0, 0.1) is 10.8 Å². The Morgan fingerprint density at radius 3 is 1.12 bits per heavy atom. The number of carbonyl (C=O) groups is 4. The standard InChI is InChI=1S/C18H30N2O6/c1-17(2,3)15(25)19-9-7-11(13(21)22)12(14(23)24)8-10-20-16(26)18(4,5)6/h7-10H2,1-6H3,(H,19,25)(H,20,26)(H,21,22)(H,23,24). The molecule has 0 aliphatic carbocycles. The summed E-state index contributed by atoms with van der Waals surface area (Å²) in [4.78, 5) is 46.6. The first kappa shape index (κ1) is 23.6. The summed E-state index contributed by atoms with van der Waals surface area (Å²) in [5, 5.41) is 23.9. The minimum Gasteiger partial charge on any atom is -0.478 e. The summed E-state index contributed by atoms with van der Waals surface area (Å²) in [6, 6.07) is 0. The Morgan fingerprint density at radius 1 is 0.654 bits per heavy atom. The predicted octanol–water partition coefficient (Wildman–Crippen LogP) is 1.56. The summed E-state index contributed by atoms with van der Waals surface area (Å²) < 4.78 is 0. The van der Waals surface area contributed by atoms with Crippen molar-refractivity contribution in [3.8, 4) is 0 Å². The van der Waals surface area contributed by atoms with Crippen molar-refractivity contribution < 1.29 is 29.4 Å². The van der Waals surface area contributed by atoms with Gasteiger partial charge in [0.2, 0.25) is 11.8 Å². The summed E-state index contributed by atoms with van der Waals surface area (Å²) >= 11 is 0. The van der Waals surface area contributed by atoms with Crippen molar-refractivity contribution in [2.75, 3.05) is 13.1 Å². The van der Waals surface area contributed by atoms with E-state index >= 15 is 0 Å². The zero-order valence-corrected chi connectivity index (χ0v) is 16.4. The van der Waals surface area contributed by atoms with Gasteiger partial charge in [0.25, 0.3) is 0 Å². The van der Waals surface area contributed by atoms with Gasteiger partial charge in [0.1, 0.15) is 0 Å². The zero-order chi connectivity index (χ0) is 20.7. The Hall–Kier alpha value is -2.38. The van der Waals surface area contributed by atoms with Gasteiger partial charge in [0.15, 0.2) is 0 Å². The normalized spacial score (nSPS) is 12.8. The smallest absolute Gasteiger partial charge is 0.332 e. The van der Waals surface area contributed by atoms with E-state index < -0.39 is 22.8 Å².